The van der Waals surface area contributed by atoms with Crippen LogP contribution in [0, 0.1) is 6.92 Å². The van der Waals surface area contributed by atoms with Crippen LogP contribution in [-0.4, -0.2) is 33.2 Å². The number of aryl methyl sites for hydroxylation is 1. The van der Waals surface area contributed by atoms with Crippen molar-refractivity contribution in [3.05, 3.63) is 60.0 Å². The summed E-state index contributed by atoms with van der Waals surface area (Å²) >= 11 is 0. The first-order valence-electron chi connectivity index (χ1n) is 7.39. The van der Waals surface area contributed by atoms with E-state index in [1.54, 1.807) is 36.4 Å². The summed E-state index contributed by atoms with van der Waals surface area (Å²) in [5, 5.41) is 10.6. The molecular formula is C17H15N5O3. The van der Waals surface area contributed by atoms with E-state index in [9.17, 15) is 4.79 Å². The Morgan fingerprint density at radius 2 is 1.88 bits per heavy atom. The fourth-order valence-electron chi connectivity index (χ4n) is 1.95. The van der Waals surface area contributed by atoms with Gasteiger partial charge in [0, 0.05) is 11.6 Å². The van der Waals surface area contributed by atoms with Gasteiger partial charge < -0.3 is 14.8 Å². The number of nitrogens with one attached hydrogen (secondary N) is 1. The summed E-state index contributed by atoms with van der Waals surface area (Å²) in [6.45, 7) is 1.84. The second-order valence-corrected chi connectivity index (χ2v) is 5.06. The first-order valence-corrected chi connectivity index (χ1v) is 7.39. The minimum Gasteiger partial charge on any atom is -0.467 e. The second kappa shape index (κ2) is 7.35. The predicted octanol–water partition coefficient (Wildman–Crippen LogP) is 2.63. The molecule has 0 radical (unpaired) electrons. The Labute approximate surface area is 143 Å². The summed E-state index contributed by atoms with van der Waals surface area (Å²) in [5.41, 5.74) is 1.68. The number of anilines is 1. The van der Waals surface area contributed by atoms with Crippen molar-refractivity contribution in [3.63, 3.8) is 0 Å². The van der Waals surface area contributed by atoms with Crippen molar-refractivity contribution in [2.75, 3.05) is 12.4 Å². The number of aromatic nitrogens is 4. The lowest BCUT2D eigenvalue weighted by Crippen LogP contribution is -2.12. The zero-order valence-electron chi connectivity index (χ0n) is 13.6. The molecule has 8 nitrogen and oxygen atoms in total. The van der Waals surface area contributed by atoms with Gasteiger partial charge in [-0.1, -0.05) is 6.07 Å². The third-order valence-electron chi connectivity index (χ3n) is 3.16. The molecule has 0 bridgehead atoms. The molecule has 0 aliphatic heterocycles. The third-order valence-corrected chi connectivity index (χ3v) is 3.16. The van der Waals surface area contributed by atoms with Crippen molar-refractivity contribution in [3.8, 4) is 17.6 Å². The number of hydrogen-bond donors (Lipinski definition) is 1. The van der Waals surface area contributed by atoms with Crippen molar-refractivity contribution in [2.45, 2.75) is 6.92 Å². The van der Waals surface area contributed by atoms with E-state index in [4.69, 9.17) is 9.47 Å². The number of benzene rings is 1. The predicted molar refractivity (Wildman–Crippen MR) is 89.8 cm³/mol. The van der Waals surface area contributed by atoms with Gasteiger partial charge in [-0.15, -0.1) is 5.10 Å². The van der Waals surface area contributed by atoms with Crippen LogP contribution in [0.25, 0.3) is 0 Å². The molecular weight excluding hydrogens is 322 g/mol. The van der Waals surface area contributed by atoms with Gasteiger partial charge >= 0.3 is 6.01 Å². The third kappa shape index (κ3) is 4.25. The van der Waals surface area contributed by atoms with E-state index >= 15 is 0 Å². The van der Waals surface area contributed by atoms with Gasteiger partial charge in [0.15, 0.2) is 0 Å². The molecule has 0 saturated carbocycles. The van der Waals surface area contributed by atoms with Crippen LogP contribution in [-0.2, 0) is 0 Å². The first kappa shape index (κ1) is 16.3. The number of carbonyl (C=O) groups is 1. The number of hydrogen-bond acceptors (Lipinski definition) is 7. The van der Waals surface area contributed by atoms with Crippen LogP contribution in [0.1, 0.15) is 16.1 Å². The fraction of sp³-hybridized carbons (Fsp3) is 0.118. The molecule has 0 unspecified atom stereocenters. The summed E-state index contributed by atoms with van der Waals surface area (Å²) in [4.78, 5) is 20.2. The Bertz CT molecular complexity index is 866. The summed E-state index contributed by atoms with van der Waals surface area (Å²) in [6.07, 6.45) is 2.93. The zero-order chi connectivity index (χ0) is 17.6. The fourth-order valence-corrected chi connectivity index (χ4v) is 1.95. The average Bonchev–Trinajstić information content (AvgIpc) is 2.64. The van der Waals surface area contributed by atoms with E-state index in [0.717, 1.165) is 5.69 Å². The molecule has 2 heterocycles. The molecule has 1 aromatic carbocycles. The molecule has 0 saturated heterocycles. The van der Waals surface area contributed by atoms with Crippen molar-refractivity contribution in [2.24, 2.45) is 0 Å². The molecule has 8 heteroatoms. The highest BCUT2D eigenvalue weighted by Gasteiger charge is 2.09. The van der Waals surface area contributed by atoms with Crippen LogP contribution in [0.3, 0.4) is 0 Å². The van der Waals surface area contributed by atoms with Crippen molar-refractivity contribution >= 4 is 11.6 Å². The van der Waals surface area contributed by atoms with Crippen LogP contribution in [0.4, 0.5) is 5.69 Å². The summed E-state index contributed by atoms with van der Waals surface area (Å²) < 4.78 is 10.5. The second-order valence-electron chi connectivity index (χ2n) is 5.06. The molecule has 1 N–H and O–H groups in total. The maximum atomic E-state index is 12.3. The highest BCUT2D eigenvalue weighted by molar-refractivity contribution is 6.04. The Morgan fingerprint density at radius 1 is 1.08 bits per heavy atom. The van der Waals surface area contributed by atoms with Gasteiger partial charge in [0.1, 0.15) is 5.75 Å². The lowest BCUT2D eigenvalue weighted by Gasteiger charge is -2.08. The van der Waals surface area contributed by atoms with Gasteiger partial charge in [0.25, 0.3) is 5.91 Å². The molecule has 25 heavy (non-hydrogen) atoms. The molecule has 0 fully saturated rings. The Kier molecular flexibility index (Phi) is 4.79. The number of ether oxygens (including phenoxy) is 2. The minimum atomic E-state index is -0.311. The monoisotopic (exact) mass is 337 g/mol. The van der Waals surface area contributed by atoms with E-state index in [1.807, 2.05) is 6.92 Å². The molecule has 2 aromatic heterocycles. The number of nitrogens with zero attached hydrogens (tertiary/aromatic N) is 4. The van der Waals surface area contributed by atoms with Crippen LogP contribution in [0.15, 0.2) is 48.8 Å². The van der Waals surface area contributed by atoms with E-state index in [0.29, 0.717) is 22.9 Å². The minimum absolute atomic E-state index is 0.229. The molecule has 0 aliphatic rings. The Balaban J connectivity index is 1.71. The topological polar surface area (TPSA) is 99.1 Å². The smallest absolute Gasteiger partial charge is 0.316 e. The van der Waals surface area contributed by atoms with Gasteiger partial charge in [-0.25, -0.2) is 9.97 Å². The SMILES string of the molecule is COc1ncc(NC(=O)c2cccc(Oc3ccc(C)nn3)c2)cn1. The quantitative estimate of drug-likeness (QED) is 0.764. The van der Waals surface area contributed by atoms with E-state index in [1.165, 1.54) is 19.5 Å². The van der Waals surface area contributed by atoms with Crippen LogP contribution in [0.2, 0.25) is 0 Å². The first-order chi connectivity index (χ1) is 12.1. The van der Waals surface area contributed by atoms with Gasteiger partial charge in [0.05, 0.1) is 30.9 Å². The molecule has 3 rings (SSSR count). The molecule has 0 spiro atoms. The number of methoxy groups -OCH3 is 1. The molecule has 0 aliphatic carbocycles. The lowest BCUT2D eigenvalue weighted by molar-refractivity contribution is 0.102. The normalized spacial score (nSPS) is 10.2. The van der Waals surface area contributed by atoms with Crippen LogP contribution >= 0.6 is 0 Å². The summed E-state index contributed by atoms with van der Waals surface area (Å²) in [7, 11) is 1.47. The number of rotatable bonds is 5. The van der Waals surface area contributed by atoms with Crippen molar-refractivity contribution < 1.29 is 14.3 Å². The maximum Gasteiger partial charge on any atom is 0.316 e. The summed E-state index contributed by atoms with van der Waals surface area (Å²) in [5.74, 6) is 0.526. The molecule has 3 aromatic rings. The van der Waals surface area contributed by atoms with E-state index < -0.39 is 0 Å². The van der Waals surface area contributed by atoms with Gasteiger partial charge in [-0.3, -0.25) is 4.79 Å². The highest BCUT2D eigenvalue weighted by atomic mass is 16.5. The number of carbonyl (C=O) groups excluding carboxylic acids is 1. The van der Waals surface area contributed by atoms with Gasteiger partial charge in [-0.2, -0.15) is 5.10 Å². The largest absolute Gasteiger partial charge is 0.467 e. The van der Waals surface area contributed by atoms with Crippen LogP contribution in [0.5, 0.6) is 17.6 Å². The summed E-state index contributed by atoms with van der Waals surface area (Å²) in [6, 6.07) is 10.5. The van der Waals surface area contributed by atoms with Crippen molar-refractivity contribution in [1.29, 1.82) is 0 Å². The Hall–Kier alpha value is -3.55. The molecule has 1 amide bonds. The van der Waals surface area contributed by atoms with E-state index in [-0.39, 0.29) is 11.9 Å². The molecule has 126 valence electrons. The van der Waals surface area contributed by atoms with E-state index in [2.05, 4.69) is 25.5 Å². The zero-order valence-corrected chi connectivity index (χ0v) is 13.6. The van der Waals surface area contributed by atoms with Gasteiger partial charge in [-0.05, 0) is 31.2 Å². The highest BCUT2D eigenvalue weighted by Crippen LogP contribution is 2.20. The maximum absolute atomic E-state index is 12.3. The lowest BCUT2D eigenvalue weighted by atomic mass is 10.2. The van der Waals surface area contributed by atoms with Crippen LogP contribution < -0.4 is 14.8 Å². The molecule has 0 atom stereocenters. The van der Waals surface area contributed by atoms with Gasteiger partial charge in [0.2, 0.25) is 5.88 Å². The average molecular weight is 337 g/mol. The number of amides is 1. The van der Waals surface area contributed by atoms with Crippen molar-refractivity contribution in [1.82, 2.24) is 20.2 Å². The Morgan fingerprint density at radius 3 is 2.56 bits per heavy atom. The standard InChI is InChI=1S/C17H15N5O3/c1-11-6-7-15(22-21-11)25-14-5-3-4-12(8-14)16(23)20-13-9-18-17(24-2)19-10-13/h3-10H,1-2H3,(H,20,23).